The van der Waals surface area contributed by atoms with E-state index in [4.69, 9.17) is 19.9 Å². The number of nitrogens with two attached hydrogens (primary N) is 1. The molecule has 0 aliphatic rings. The number of benzene rings is 2. The Morgan fingerprint density at radius 2 is 1.58 bits per heavy atom. The van der Waals surface area contributed by atoms with Crippen molar-refractivity contribution in [3.8, 4) is 17.2 Å². The van der Waals surface area contributed by atoms with Gasteiger partial charge in [-0.3, -0.25) is 0 Å². The van der Waals surface area contributed by atoms with Crippen LogP contribution in [0.15, 0.2) is 53.5 Å². The number of para-hydroxylation sites is 1. The van der Waals surface area contributed by atoms with Gasteiger partial charge in [0.2, 0.25) is 0 Å². The fourth-order valence-electron chi connectivity index (χ4n) is 1.90. The molecule has 0 radical (unpaired) electrons. The number of aliphatic imine (C=N–C) groups is 1. The number of methoxy groups -OCH3 is 2. The second kappa shape index (κ2) is 10.6. The van der Waals surface area contributed by atoms with Crippen LogP contribution in [-0.4, -0.2) is 33.3 Å². The van der Waals surface area contributed by atoms with Crippen molar-refractivity contribution in [1.29, 1.82) is 0 Å². The summed E-state index contributed by atoms with van der Waals surface area (Å²) in [6.07, 6.45) is 0. The first kappa shape index (κ1) is 19.9. The first-order chi connectivity index (χ1) is 11.2. The van der Waals surface area contributed by atoms with Crippen LogP contribution < -0.4 is 25.3 Å². The smallest absolute Gasteiger partial charge is 0.193 e. The number of ether oxygens (including phenoxy) is 3. The highest BCUT2D eigenvalue weighted by molar-refractivity contribution is 14.0. The third kappa shape index (κ3) is 6.53. The van der Waals surface area contributed by atoms with Crippen LogP contribution in [0.5, 0.6) is 17.2 Å². The number of nitrogens with one attached hydrogen (secondary N) is 1. The number of hydrogen-bond donors (Lipinski definition) is 2. The topological polar surface area (TPSA) is 78.1 Å². The average Bonchev–Trinajstić information content (AvgIpc) is 2.59. The zero-order valence-corrected chi connectivity index (χ0v) is 16.0. The summed E-state index contributed by atoms with van der Waals surface area (Å²) in [5.74, 6) is 2.36. The van der Waals surface area contributed by atoms with E-state index in [2.05, 4.69) is 10.3 Å². The van der Waals surface area contributed by atoms with Gasteiger partial charge in [-0.05, 0) is 12.1 Å². The van der Waals surface area contributed by atoms with E-state index >= 15 is 0 Å². The molecule has 0 atom stereocenters. The van der Waals surface area contributed by atoms with Crippen LogP contribution >= 0.6 is 24.0 Å². The molecular formula is C17H22IN3O3. The van der Waals surface area contributed by atoms with Crippen molar-refractivity contribution in [2.45, 2.75) is 0 Å². The van der Waals surface area contributed by atoms with E-state index in [0.29, 0.717) is 36.4 Å². The van der Waals surface area contributed by atoms with E-state index in [-0.39, 0.29) is 24.0 Å². The van der Waals surface area contributed by atoms with Gasteiger partial charge in [-0.2, -0.15) is 0 Å². The summed E-state index contributed by atoms with van der Waals surface area (Å²) in [5, 5.41) is 3.01. The summed E-state index contributed by atoms with van der Waals surface area (Å²) >= 11 is 0. The maximum atomic E-state index is 5.82. The van der Waals surface area contributed by atoms with Crippen LogP contribution in [0, 0.1) is 0 Å². The van der Waals surface area contributed by atoms with Gasteiger partial charge in [0.1, 0.15) is 23.9 Å². The first-order valence-electron chi connectivity index (χ1n) is 7.19. The molecule has 0 aromatic heterocycles. The minimum Gasteiger partial charge on any atom is -0.496 e. The summed E-state index contributed by atoms with van der Waals surface area (Å²) in [6, 6.07) is 15.0. The SMILES string of the molecule is COc1cc(OC)cc(OCCN=C(N)Nc2ccccc2)c1.I. The predicted octanol–water partition coefficient (Wildman–Crippen LogP) is 3.13. The summed E-state index contributed by atoms with van der Waals surface area (Å²) in [4.78, 5) is 4.22. The van der Waals surface area contributed by atoms with Crippen molar-refractivity contribution in [3.63, 3.8) is 0 Å². The maximum absolute atomic E-state index is 5.82. The van der Waals surface area contributed by atoms with Crippen LogP contribution in [-0.2, 0) is 0 Å². The zero-order valence-electron chi connectivity index (χ0n) is 13.7. The maximum Gasteiger partial charge on any atom is 0.193 e. The van der Waals surface area contributed by atoms with Crippen molar-refractivity contribution in [2.24, 2.45) is 10.7 Å². The van der Waals surface area contributed by atoms with E-state index in [9.17, 15) is 0 Å². The number of anilines is 1. The normalized spacial score (nSPS) is 10.5. The second-order valence-corrected chi connectivity index (χ2v) is 4.65. The van der Waals surface area contributed by atoms with Crippen LogP contribution in [0.4, 0.5) is 5.69 Å². The molecule has 7 heteroatoms. The molecule has 2 rings (SSSR count). The Labute approximate surface area is 159 Å². The van der Waals surface area contributed by atoms with Gasteiger partial charge >= 0.3 is 0 Å². The standard InChI is InChI=1S/C17H21N3O3.HI/c1-21-14-10-15(22-2)12-16(11-14)23-9-8-19-17(18)20-13-6-4-3-5-7-13;/h3-7,10-12H,8-9H2,1-2H3,(H3,18,19,20);1H. The molecule has 130 valence electrons. The Balaban J connectivity index is 0.00000288. The first-order valence-corrected chi connectivity index (χ1v) is 7.19. The molecular weight excluding hydrogens is 421 g/mol. The molecule has 2 aromatic rings. The van der Waals surface area contributed by atoms with E-state index in [1.807, 2.05) is 30.3 Å². The molecule has 3 N–H and O–H groups in total. The number of nitrogens with zero attached hydrogens (tertiary/aromatic N) is 1. The lowest BCUT2D eigenvalue weighted by Gasteiger charge is -2.10. The minimum absolute atomic E-state index is 0. The number of halogens is 1. The molecule has 24 heavy (non-hydrogen) atoms. The Morgan fingerprint density at radius 1 is 1.00 bits per heavy atom. The summed E-state index contributed by atoms with van der Waals surface area (Å²) in [7, 11) is 3.19. The lowest BCUT2D eigenvalue weighted by molar-refractivity contribution is 0.321. The van der Waals surface area contributed by atoms with Gasteiger partial charge in [-0.15, -0.1) is 24.0 Å². The third-order valence-corrected chi connectivity index (χ3v) is 3.01. The Bertz CT molecular complexity index is 629. The molecule has 0 unspecified atom stereocenters. The third-order valence-electron chi connectivity index (χ3n) is 3.01. The fraction of sp³-hybridized carbons (Fsp3) is 0.235. The van der Waals surface area contributed by atoms with Gasteiger partial charge in [-0.25, -0.2) is 4.99 Å². The lowest BCUT2D eigenvalue weighted by atomic mass is 10.3. The Morgan fingerprint density at radius 3 is 2.17 bits per heavy atom. The van der Waals surface area contributed by atoms with Crippen molar-refractivity contribution in [1.82, 2.24) is 0 Å². The van der Waals surface area contributed by atoms with Crippen molar-refractivity contribution < 1.29 is 14.2 Å². The molecule has 0 aliphatic heterocycles. The van der Waals surface area contributed by atoms with E-state index < -0.39 is 0 Å². The Hall–Kier alpha value is -2.16. The molecule has 0 aliphatic carbocycles. The minimum atomic E-state index is 0. The van der Waals surface area contributed by atoms with Gasteiger partial charge in [0.25, 0.3) is 0 Å². The predicted molar refractivity (Wildman–Crippen MR) is 107 cm³/mol. The van der Waals surface area contributed by atoms with Crippen molar-refractivity contribution >= 4 is 35.6 Å². The van der Waals surface area contributed by atoms with Gasteiger partial charge < -0.3 is 25.3 Å². The van der Waals surface area contributed by atoms with Gasteiger partial charge in [-0.1, -0.05) is 18.2 Å². The van der Waals surface area contributed by atoms with Crippen LogP contribution in [0.2, 0.25) is 0 Å². The van der Waals surface area contributed by atoms with Gasteiger partial charge in [0.15, 0.2) is 5.96 Å². The summed E-state index contributed by atoms with van der Waals surface area (Å²) in [5.41, 5.74) is 6.72. The summed E-state index contributed by atoms with van der Waals surface area (Å²) in [6.45, 7) is 0.832. The molecule has 0 heterocycles. The molecule has 0 saturated carbocycles. The van der Waals surface area contributed by atoms with E-state index in [1.165, 1.54) is 0 Å². The molecule has 0 bridgehead atoms. The highest BCUT2D eigenvalue weighted by Gasteiger charge is 2.02. The number of hydrogen-bond acceptors (Lipinski definition) is 4. The summed E-state index contributed by atoms with van der Waals surface area (Å²) < 4.78 is 16.0. The monoisotopic (exact) mass is 443 g/mol. The highest BCUT2D eigenvalue weighted by atomic mass is 127. The van der Waals surface area contributed by atoms with Gasteiger partial charge in [0, 0.05) is 23.9 Å². The van der Waals surface area contributed by atoms with Crippen LogP contribution in [0.3, 0.4) is 0 Å². The molecule has 0 saturated heterocycles. The molecule has 2 aromatic carbocycles. The Kier molecular flexibility index (Phi) is 8.77. The largest absolute Gasteiger partial charge is 0.496 e. The molecule has 0 amide bonds. The average molecular weight is 443 g/mol. The van der Waals surface area contributed by atoms with Crippen molar-refractivity contribution in [3.05, 3.63) is 48.5 Å². The van der Waals surface area contributed by atoms with E-state index in [1.54, 1.807) is 32.4 Å². The molecule has 0 spiro atoms. The second-order valence-electron chi connectivity index (χ2n) is 4.65. The fourth-order valence-corrected chi connectivity index (χ4v) is 1.90. The molecule has 0 fully saturated rings. The van der Waals surface area contributed by atoms with Crippen LogP contribution in [0.25, 0.3) is 0 Å². The lowest BCUT2D eigenvalue weighted by Crippen LogP contribution is -2.23. The quantitative estimate of drug-likeness (QED) is 0.298. The van der Waals surface area contributed by atoms with Crippen molar-refractivity contribution in [2.75, 3.05) is 32.7 Å². The number of guanidine groups is 1. The highest BCUT2D eigenvalue weighted by Crippen LogP contribution is 2.27. The van der Waals surface area contributed by atoms with E-state index in [0.717, 1.165) is 5.69 Å². The zero-order chi connectivity index (χ0) is 16.5. The van der Waals surface area contributed by atoms with Gasteiger partial charge in [0.05, 0.1) is 20.8 Å². The molecule has 6 nitrogen and oxygen atoms in total. The van der Waals surface area contributed by atoms with Crippen LogP contribution in [0.1, 0.15) is 0 Å². The number of rotatable bonds is 7.